The summed E-state index contributed by atoms with van der Waals surface area (Å²) in [5.41, 5.74) is 2.70. The Morgan fingerprint density at radius 2 is 2.12 bits per heavy atom. The van der Waals surface area contributed by atoms with E-state index in [0.717, 1.165) is 32.5 Å². The highest BCUT2D eigenvalue weighted by Crippen LogP contribution is 2.43. The smallest absolute Gasteiger partial charge is 0.311 e. The average Bonchev–Trinajstić information content (AvgIpc) is 2.76. The predicted molar refractivity (Wildman–Crippen MR) is 93.7 cm³/mol. The maximum absolute atomic E-state index is 11.1. The van der Waals surface area contributed by atoms with Gasteiger partial charge in [0.25, 0.3) is 0 Å². The van der Waals surface area contributed by atoms with Crippen molar-refractivity contribution in [3.8, 4) is 22.8 Å². The molecule has 24 heavy (non-hydrogen) atoms. The second-order valence-corrected chi connectivity index (χ2v) is 6.35. The van der Waals surface area contributed by atoms with Gasteiger partial charge in [-0.05, 0) is 24.3 Å². The van der Waals surface area contributed by atoms with Crippen LogP contribution in [0.25, 0.3) is 22.2 Å². The summed E-state index contributed by atoms with van der Waals surface area (Å²) in [4.78, 5) is 13.8. The van der Waals surface area contributed by atoms with Crippen LogP contribution in [-0.2, 0) is 0 Å². The molecule has 3 N–H and O–H groups in total. The Morgan fingerprint density at radius 3 is 2.92 bits per heavy atom. The van der Waals surface area contributed by atoms with Crippen molar-refractivity contribution >= 4 is 38.2 Å². The van der Waals surface area contributed by atoms with Crippen LogP contribution in [0.1, 0.15) is 0 Å². The molecule has 0 bridgehead atoms. The molecule has 0 atom stereocenters. The largest absolute Gasteiger partial charge is 0.502 e. The number of phenols is 1. The van der Waals surface area contributed by atoms with Crippen molar-refractivity contribution in [1.82, 2.24) is 4.98 Å². The predicted octanol–water partition coefficient (Wildman–Crippen LogP) is 4.02. The zero-order chi connectivity index (χ0) is 16.8. The molecule has 0 fully saturated rings. The van der Waals surface area contributed by atoms with Crippen LogP contribution in [0.15, 0.2) is 34.8 Å². The molecule has 0 unspecified atom stereocenters. The van der Waals surface area contributed by atoms with E-state index in [2.05, 4.69) is 26.2 Å². The molecule has 122 valence electrons. The molecule has 0 spiro atoms. The number of hydrogen-bond acceptors (Lipinski definition) is 5. The van der Waals surface area contributed by atoms with Gasteiger partial charge in [-0.25, -0.2) is 0 Å². The van der Waals surface area contributed by atoms with Crippen molar-refractivity contribution in [3.63, 3.8) is 0 Å². The standard InChI is InChI=1S/C16H12BrN3O4/c17-9-6-10-14-13(7-9)24-4-3-18-16(14)15(19-10)8-1-2-12(21)11(5-8)20(22)23/h1-2,5-7,18-19,21H,3-4H2. The van der Waals surface area contributed by atoms with Crippen LogP contribution >= 0.6 is 15.9 Å². The minimum atomic E-state index is -0.599. The van der Waals surface area contributed by atoms with Crippen molar-refractivity contribution in [1.29, 1.82) is 0 Å². The quantitative estimate of drug-likeness (QED) is 0.453. The topological polar surface area (TPSA) is 100 Å². The lowest BCUT2D eigenvalue weighted by Crippen LogP contribution is -2.08. The molecule has 1 aliphatic rings. The fraction of sp³-hybridized carbons (Fsp3) is 0.125. The van der Waals surface area contributed by atoms with Gasteiger partial charge >= 0.3 is 5.69 Å². The Kier molecular flexibility index (Phi) is 3.34. The van der Waals surface area contributed by atoms with E-state index in [1.165, 1.54) is 12.1 Å². The molecule has 0 amide bonds. The Bertz CT molecular complexity index is 983. The summed E-state index contributed by atoms with van der Waals surface area (Å²) in [6, 6.07) is 8.16. The van der Waals surface area contributed by atoms with Crippen molar-refractivity contribution < 1.29 is 14.8 Å². The fourth-order valence-corrected chi connectivity index (χ4v) is 3.37. The molecular weight excluding hydrogens is 378 g/mol. The molecule has 0 aliphatic carbocycles. The third-order valence-corrected chi connectivity index (χ3v) is 4.41. The van der Waals surface area contributed by atoms with Crippen LogP contribution in [0.4, 0.5) is 11.4 Å². The van der Waals surface area contributed by atoms with Crippen LogP contribution in [-0.4, -0.2) is 28.2 Å². The van der Waals surface area contributed by atoms with Gasteiger partial charge in [-0.15, -0.1) is 0 Å². The first-order valence-corrected chi connectivity index (χ1v) is 8.03. The number of H-pyrrole nitrogens is 1. The fourth-order valence-electron chi connectivity index (χ4n) is 2.93. The van der Waals surface area contributed by atoms with E-state index in [1.807, 2.05) is 12.1 Å². The summed E-state index contributed by atoms with van der Waals surface area (Å²) in [7, 11) is 0. The monoisotopic (exact) mass is 389 g/mol. The molecule has 8 heteroatoms. The number of ether oxygens (including phenoxy) is 1. The minimum Gasteiger partial charge on any atom is -0.502 e. The number of nitrogens with one attached hydrogen (secondary N) is 2. The average molecular weight is 390 g/mol. The molecule has 7 nitrogen and oxygen atoms in total. The number of phenolic OH excluding ortho intramolecular Hbond substituents is 1. The van der Waals surface area contributed by atoms with Gasteiger partial charge in [0.05, 0.1) is 27.2 Å². The highest BCUT2D eigenvalue weighted by atomic mass is 79.9. The summed E-state index contributed by atoms with van der Waals surface area (Å²) < 4.78 is 6.65. The van der Waals surface area contributed by atoms with Crippen LogP contribution in [0, 0.1) is 10.1 Å². The van der Waals surface area contributed by atoms with E-state index in [1.54, 1.807) is 6.07 Å². The number of aromatic amines is 1. The van der Waals surface area contributed by atoms with Gasteiger partial charge in [0.1, 0.15) is 12.4 Å². The van der Waals surface area contributed by atoms with E-state index in [0.29, 0.717) is 18.7 Å². The molecule has 0 radical (unpaired) electrons. The van der Waals surface area contributed by atoms with Crippen LogP contribution < -0.4 is 10.1 Å². The van der Waals surface area contributed by atoms with Crippen LogP contribution in [0.2, 0.25) is 0 Å². The first-order valence-electron chi connectivity index (χ1n) is 7.24. The Morgan fingerprint density at radius 1 is 1.29 bits per heavy atom. The number of anilines is 1. The van der Waals surface area contributed by atoms with E-state index in [-0.39, 0.29) is 11.4 Å². The molecule has 0 saturated heterocycles. The van der Waals surface area contributed by atoms with Gasteiger partial charge in [-0.1, -0.05) is 15.9 Å². The van der Waals surface area contributed by atoms with E-state index in [4.69, 9.17) is 4.74 Å². The third kappa shape index (κ3) is 2.26. The number of nitro groups is 1. The maximum Gasteiger partial charge on any atom is 0.311 e. The van der Waals surface area contributed by atoms with E-state index >= 15 is 0 Å². The van der Waals surface area contributed by atoms with Gasteiger partial charge in [-0.2, -0.15) is 0 Å². The highest BCUT2D eigenvalue weighted by molar-refractivity contribution is 9.10. The number of nitro benzene ring substituents is 1. The highest BCUT2D eigenvalue weighted by Gasteiger charge is 2.22. The molecule has 1 aliphatic heterocycles. The molecule has 2 heterocycles. The number of nitrogens with zero attached hydrogens (tertiary/aromatic N) is 1. The lowest BCUT2D eigenvalue weighted by atomic mass is 10.1. The lowest BCUT2D eigenvalue weighted by Gasteiger charge is -2.06. The number of aromatic hydroxyl groups is 1. The molecule has 2 aromatic carbocycles. The third-order valence-electron chi connectivity index (χ3n) is 3.95. The zero-order valence-corrected chi connectivity index (χ0v) is 13.9. The summed E-state index contributed by atoms with van der Waals surface area (Å²) >= 11 is 3.46. The first kappa shape index (κ1) is 14.8. The number of halogens is 1. The Hall–Kier alpha value is -2.74. The molecule has 1 aromatic heterocycles. The Labute approximate surface area is 144 Å². The number of hydrogen-bond donors (Lipinski definition) is 3. The minimum absolute atomic E-state index is 0.329. The van der Waals surface area contributed by atoms with Crippen LogP contribution in [0.3, 0.4) is 0 Å². The van der Waals surface area contributed by atoms with Crippen molar-refractivity contribution in [2.24, 2.45) is 0 Å². The summed E-state index contributed by atoms with van der Waals surface area (Å²) in [5.74, 6) is 0.389. The molecular formula is C16H12BrN3O4. The molecule has 3 aromatic rings. The van der Waals surface area contributed by atoms with Gasteiger partial charge in [-0.3, -0.25) is 10.1 Å². The van der Waals surface area contributed by atoms with E-state index < -0.39 is 4.92 Å². The van der Waals surface area contributed by atoms with Gasteiger partial charge in [0.2, 0.25) is 0 Å². The number of benzene rings is 2. The van der Waals surface area contributed by atoms with Crippen molar-refractivity contribution in [2.45, 2.75) is 0 Å². The van der Waals surface area contributed by atoms with Gasteiger partial charge in [0.15, 0.2) is 5.75 Å². The second kappa shape index (κ2) is 5.41. The maximum atomic E-state index is 11.1. The molecule has 0 saturated carbocycles. The van der Waals surface area contributed by atoms with Crippen LogP contribution in [0.5, 0.6) is 11.5 Å². The van der Waals surface area contributed by atoms with Crippen molar-refractivity contribution in [3.05, 3.63) is 44.9 Å². The lowest BCUT2D eigenvalue weighted by molar-refractivity contribution is -0.385. The van der Waals surface area contributed by atoms with Gasteiger partial charge in [0, 0.05) is 22.6 Å². The summed E-state index contributed by atoms with van der Waals surface area (Å²) in [6.07, 6.45) is 0. The van der Waals surface area contributed by atoms with Crippen molar-refractivity contribution in [2.75, 3.05) is 18.5 Å². The number of aromatic nitrogens is 1. The number of rotatable bonds is 2. The Balaban J connectivity index is 1.99. The second-order valence-electron chi connectivity index (χ2n) is 5.44. The summed E-state index contributed by atoms with van der Waals surface area (Å²) in [6.45, 7) is 1.14. The van der Waals surface area contributed by atoms with E-state index in [9.17, 15) is 15.2 Å². The summed E-state index contributed by atoms with van der Waals surface area (Å²) in [5, 5.41) is 25.0. The molecule has 4 rings (SSSR count). The normalized spacial score (nSPS) is 13.2. The van der Waals surface area contributed by atoms with Gasteiger partial charge < -0.3 is 20.1 Å². The zero-order valence-electron chi connectivity index (χ0n) is 12.3. The SMILES string of the molecule is O=[N+]([O-])c1cc(-c2[nH]c3cc(Br)cc4c3c2NCCO4)ccc1O. The first-order chi connectivity index (χ1) is 11.5.